The Kier molecular flexibility index (Phi) is 7.31. The third-order valence-electron chi connectivity index (χ3n) is 1.65. The summed E-state index contributed by atoms with van der Waals surface area (Å²) in [5, 5.41) is 18.2. The zero-order valence-corrected chi connectivity index (χ0v) is 10.7. The highest BCUT2D eigenvalue weighted by atomic mass is 33.1. The lowest BCUT2D eigenvalue weighted by Crippen LogP contribution is -2.20. The van der Waals surface area contributed by atoms with Gasteiger partial charge in [-0.3, -0.25) is 10.4 Å². The van der Waals surface area contributed by atoms with E-state index in [1.54, 1.807) is 6.92 Å². The molecule has 14 heavy (non-hydrogen) atoms. The number of hydrogen-bond acceptors (Lipinski definition) is 5. The number of aliphatic hydroxyl groups excluding tert-OH is 1. The summed E-state index contributed by atoms with van der Waals surface area (Å²) in [6.45, 7) is 7.49. The van der Waals surface area contributed by atoms with Crippen LogP contribution in [-0.4, -0.2) is 27.3 Å². The Hall–Kier alpha value is -0.0000000000000000555. The van der Waals surface area contributed by atoms with Gasteiger partial charge >= 0.3 is 0 Å². The zero-order valence-electron chi connectivity index (χ0n) is 9.07. The van der Waals surface area contributed by atoms with Crippen LogP contribution in [0.5, 0.6) is 0 Å². The average Bonchev–Trinajstić information content (AvgIpc) is 2.13. The van der Waals surface area contributed by atoms with E-state index in [0.29, 0.717) is 5.04 Å². The summed E-state index contributed by atoms with van der Waals surface area (Å²) in [6.07, 6.45) is 0.357. The van der Waals surface area contributed by atoms with Crippen molar-refractivity contribution in [2.45, 2.75) is 46.3 Å². The van der Waals surface area contributed by atoms with Gasteiger partial charge in [-0.1, -0.05) is 6.92 Å². The molecule has 2 unspecified atom stereocenters. The smallest absolute Gasteiger partial charge is 0.0759 e. The van der Waals surface area contributed by atoms with Gasteiger partial charge in [-0.25, -0.2) is 0 Å². The van der Waals surface area contributed by atoms with E-state index in [1.165, 1.54) is 21.6 Å². The standard InChI is InChI=1S/C9H18N2OS2/c1-5-9(12)6(2)11-8(4)14-13-7(3)10/h6,9-10,12H,5H2,1-4H3. The van der Waals surface area contributed by atoms with E-state index in [9.17, 15) is 5.11 Å². The maximum absolute atomic E-state index is 9.49. The molecular weight excluding hydrogens is 216 g/mol. The average molecular weight is 234 g/mol. The molecule has 0 aromatic carbocycles. The van der Waals surface area contributed by atoms with Gasteiger partial charge in [0.1, 0.15) is 0 Å². The summed E-state index contributed by atoms with van der Waals surface area (Å²) in [5.41, 5.74) is 0. The molecule has 0 rings (SSSR count). The molecular formula is C9H18N2OS2. The van der Waals surface area contributed by atoms with Crippen LogP contribution in [0, 0.1) is 5.41 Å². The van der Waals surface area contributed by atoms with Gasteiger partial charge in [-0.05, 0) is 48.8 Å². The van der Waals surface area contributed by atoms with Gasteiger partial charge in [0.2, 0.25) is 0 Å². The third-order valence-corrected chi connectivity index (χ3v) is 4.05. The minimum Gasteiger partial charge on any atom is -0.391 e. The third kappa shape index (κ3) is 6.45. The van der Waals surface area contributed by atoms with Crippen molar-refractivity contribution in [2.24, 2.45) is 4.99 Å². The second-order valence-corrected chi connectivity index (χ2v) is 5.62. The topological polar surface area (TPSA) is 56.4 Å². The molecule has 0 spiro atoms. The van der Waals surface area contributed by atoms with Crippen LogP contribution in [0.25, 0.3) is 0 Å². The van der Waals surface area contributed by atoms with Crippen molar-refractivity contribution in [2.75, 3.05) is 0 Å². The van der Waals surface area contributed by atoms with E-state index in [1.807, 2.05) is 20.8 Å². The SMILES string of the molecule is CCC(O)C(C)N=C(C)SSC(C)=N. The molecule has 3 nitrogen and oxygen atoms in total. The first-order valence-corrected chi connectivity index (χ1v) is 6.74. The number of aliphatic imine (C=N–C) groups is 1. The lowest BCUT2D eigenvalue weighted by atomic mass is 10.1. The van der Waals surface area contributed by atoms with Crippen molar-refractivity contribution < 1.29 is 5.11 Å². The predicted molar refractivity (Wildman–Crippen MR) is 67.5 cm³/mol. The Morgan fingerprint density at radius 2 is 2.00 bits per heavy atom. The Bertz CT molecular complexity index is 219. The highest BCUT2D eigenvalue weighted by Gasteiger charge is 2.10. The Labute approximate surface area is 93.7 Å². The monoisotopic (exact) mass is 234 g/mol. The largest absolute Gasteiger partial charge is 0.391 e. The fourth-order valence-corrected chi connectivity index (χ4v) is 2.18. The van der Waals surface area contributed by atoms with Gasteiger partial charge in [0.25, 0.3) is 0 Å². The lowest BCUT2D eigenvalue weighted by Gasteiger charge is -2.13. The second kappa shape index (κ2) is 7.31. The number of aliphatic hydroxyl groups is 1. The molecule has 0 bridgehead atoms. The van der Waals surface area contributed by atoms with Crippen LogP contribution in [-0.2, 0) is 0 Å². The van der Waals surface area contributed by atoms with Crippen LogP contribution in [0.3, 0.4) is 0 Å². The first kappa shape index (κ1) is 14.0. The molecule has 0 heterocycles. The predicted octanol–water partition coefficient (Wildman–Crippen LogP) is 2.94. The second-order valence-electron chi connectivity index (χ2n) is 3.09. The minimum atomic E-state index is -0.364. The fraction of sp³-hybridized carbons (Fsp3) is 0.778. The molecule has 0 aromatic heterocycles. The number of hydrogen-bond donors (Lipinski definition) is 2. The number of nitrogens with zero attached hydrogens (tertiary/aromatic N) is 1. The van der Waals surface area contributed by atoms with Crippen molar-refractivity contribution in [3.05, 3.63) is 0 Å². The summed E-state index contributed by atoms with van der Waals surface area (Å²) in [7, 11) is 2.86. The summed E-state index contributed by atoms with van der Waals surface area (Å²) in [6, 6.07) is -0.0564. The Morgan fingerprint density at radius 1 is 1.43 bits per heavy atom. The van der Waals surface area contributed by atoms with Crippen LogP contribution in [0.1, 0.15) is 34.1 Å². The highest BCUT2D eigenvalue weighted by Crippen LogP contribution is 2.24. The summed E-state index contributed by atoms with van der Waals surface area (Å²) >= 11 is 0. The molecule has 0 amide bonds. The van der Waals surface area contributed by atoms with Gasteiger partial charge < -0.3 is 5.11 Å². The van der Waals surface area contributed by atoms with Crippen LogP contribution in [0.15, 0.2) is 4.99 Å². The highest BCUT2D eigenvalue weighted by molar-refractivity contribution is 8.87. The van der Waals surface area contributed by atoms with E-state index in [2.05, 4.69) is 4.99 Å². The minimum absolute atomic E-state index is 0.0564. The Balaban J connectivity index is 4.02. The van der Waals surface area contributed by atoms with Crippen LogP contribution < -0.4 is 0 Å². The molecule has 0 aliphatic carbocycles. The quantitative estimate of drug-likeness (QED) is 0.448. The number of nitrogens with one attached hydrogen (secondary N) is 1. The van der Waals surface area contributed by atoms with Gasteiger partial charge in [0, 0.05) is 0 Å². The maximum Gasteiger partial charge on any atom is 0.0759 e. The molecule has 0 aromatic rings. The van der Waals surface area contributed by atoms with Crippen molar-refractivity contribution in [3.8, 4) is 0 Å². The lowest BCUT2D eigenvalue weighted by molar-refractivity contribution is 0.148. The van der Waals surface area contributed by atoms with Gasteiger partial charge in [-0.15, -0.1) is 0 Å². The van der Waals surface area contributed by atoms with Crippen molar-refractivity contribution in [3.63, 3.8) is 0 Å². The van der Waals surface area contributed by atoms with Crippen LogP contribution in [0.4, 0.5) is 0 Å². The zero-order chi connectivity index (χ0) is 11.1. The molecule has 0 aliphatic rings. The molecule has 82 valence electrons. The summed E-state index contributed by atoms with van der Waals surface area (Å²) in [4.78, 5) is 4.33. The Morgan fingerprint density at radius 3 is 2.43 bits per heavy atom. The number of rotatable bonds is 3. The van der Waals surface area contributed by atoms with E-state index in [-0.39, 0.29) is 12.1 Å². The fourth-order valence-electron chi connectivity index (χ4n) is 0.858. The van der Waals surface area contributed by atoms with E-state index in [0.717, 1.165) is 11.5 Å². The molecule has 0 fully saturated rings. The molecule has 2 atom stereocenters. The van der Waals surface area contributed by atoms with E-state index >= 15 is 0 Å². The van der Waals surface area contributed by atoms with E-state index in [4.69, 9.17) is 5.41 Å². The maximum atomic E-state index is 9.49. The normalized spacial score (nSPS) is 16.5. The molecule has 0 saturated heterocycles. The van der Waals surface area contributed by atoms with Gasteiger partial charge in [-0.2, -0.15) is 0 Å². The molecule has 5 heteroatoms. The van der Waals surface area contributed by atoms with Crippen molar-refractivity contribution in [1.29, 1.82) is 5.41 Å². The first-order valence-electron chi connectivity index (χ1n) is 4.59. The first-order chi connectivity index (χ1) is 6.47. The molecule has 0 aliphatic heterocycles. The van der Waals surface area contributed by atoms with Gasteiger partial charge in [0.15, 0.2) is 0 Å². The molecule has 0 saturated carbocycles. The summed E-state index contributed by atoms with van der Waals surface area (Å²) in [5.74, 6) is 0. The molecule has 2 N–H and O–H groups in total. The summed E-state index contributed by atoms with van der Waals surface area (Å²) < 4.78 is 0. The van der Waals surface area contributed by atoms with Crippen LogP contribution >= 0.6 is 21.6 Å². The van der Waals surface area contributed by atoms with E-state index < -0.39 is 0 Å². The van der Waals surface area contributed by atoms with Gasteiger partial charge in [0.05, 0.1) is 22.2 Å². The van der Waals surface area contributed by atoms with Crippen molar-refractivity contribution >= 4 is 31.7 Å². The van der Waals surface area contributed by atoms with Crippen LogP contribution in [0.2, 0.25) is 0 Å². The van der Waals surface area contributed by atoms with Crippen molar-refractivity contribution in [1.82, 2.24) is 0 Å². The molecule has 0 radical (unpaired) electrons.